The van der Waals surface area contributed by atoms with E-state index in [1.807, 2.05) is 24.3 Å². The Kier molecular flexibility index (Phi) is 5.46. The van der Waals surface area contributed by atoms with Crippen molar-refractivity contribution in [1.29, 1.82) is 0 Å². The minimum Gasteiger partial charge on any atom is -0.346 e. The number of unbranched alkanes of at least 4 members (excludes halogenated alkanes) is 1. The van der Waals surface area contributed by atoms with Gasteiger partial charge in [0.2, 0.25) is 5.91 Å². The lowest BCUT2D eigenvalue weighted by atomic mass is 10.2. The Morgan fingerprint density at radius 2 is 2.31 bits per heavy atom. The van der Waals surface area contributed by atoms with E-state index >= 15 is 0 Å². The minimum absolute atomic E-state index is 0.223. The maximum absolute atomic E-state index is 11.7. The number of carbonyl (C=O) groups is 1. The van der Waals surface area contributed by atoms with E-state index in [0.29, 0.717) is 6.42 Å². The van der Waals surface area contributed by atoms with E-state index in [1.165, 1.54) is 0 Å². The largest absolute Gasteiger partial charge is 0.346 e. The molecule has 0 aliphatic heterocycles. The molecule has 1 aromatic rings. The number of aromatic nitrogens is 1. The van der Waals surface area contributed by atoms with Gasteiger partial charge in [-0.3, -0.25) is 4.79 Å². The summed E-state index contributed by atoms with van der Waals surface area (Å²) in [6.45, 7) is 4.98. The van der Waals surface area contributed by atoms with Crippen LogP contribution in [0.5, 0.6) is 0 Å². The number of hydrogen-bond acceptors (Lipinski definition) is 3. The second kappa shape index (κ2) is 6.63. The lowest BCUT2D eigenvalue weighted by Crippen LogP contribution is -2.27. The molecule has 0 saturated carbocycles. The second-order valence-corrected chi connectivity index (χ2v) is 4.99. The summed E-state index contributed by atoms with van der Waals surface area (Å²) in [6, 6.07) is 0. The van der Waals surface area contributed by atoms with Crippen molar-refractivity contribution in [2.45, 2.75) is 39.5 Å². The summed E-state index contributed by atoms with van der Waals surface area (Å²) >= 11 is 1.64. The highest BCUT2D eigenvalue weighted by Crippen LogP contribution is 2.11. The molecule has 1 heterocycles. The zero-order valence-electron chi connectivity index (χ0n) is 10.3. The van der Waals surface area contributed by atoms with Crippen molar-refractivity contribution in [3.05, 3.63) is 16.1 Å². The SMILES string of the molecule is CCCCN(C)C(=O)CCc1nc(C)cs1. The molecule has 0 fully saturated rings. The Bertz CT molecular complexity index is 336. The normalized spacial score (nSPS) is 10.4. The fourth-order valence-corrected chi connectivity index (χ4v) is 2.22. The number of rotatable bonds is 6. The van der Waals surface area contributed by atoms with Crippen molar-refractivity contribution in [1.82, 2.24) is 9.88 Å². The first-order valence-electron chi connectivity index (χ1n) is 5.78. The monoisotopic (exact) mass is 240 g/mol. The van der Waals surface area contributed by atoms with Gasteiger partial charge in [-0.05, 0) is 13.3 Å². The van der Waals surface area contributed by atoms with Gasteiger partial charge in [-0.2, -0.15) is 0 Å². The Morgan fingerprint density at radius 3 is 2.88 bits per heavy atom. The van der Waals surface area contributed by atoms with Gasteiger partial charge in [0.15, 0.2) is 0 Å². The maximum atomic E-state index is 11.7. The van der Waals surface area contributed by atoms with Crippen molar-refractivity contribution >= 4 is 17.2 Å². The van der Waals surface area contributed by atoms with Gasteiger partial charge >= 0.3 is 0 Å². The van der Waals surface area contributed by atoms with Gasteiger partial charge in [0.05, 0.1) is 5.01 Å². The lowest BCUT2D eigenvalue weighted by molar-refractivity contribution is -0.129. The lowest BCUT2D eigenvalue weighted by Gasteiger charge is -2.16. The molecule has 0 spiro atoms. The number of thiazole rings is 1. The third-order valence-electron chi connectivity index (χ3n) is 2.49. The summed E-state index contributed by atoms with van der Waals surface area (Å²) in [7, 11) is 1.88. The molecule has 0 saturated heterocycles. The predicted molar refractivity (Wildman–Crippen MR) is 67.7 cm³/mol. The molecule has 16 heavy (non-hydrogen) atoms. The fraction of sp³-hybridized carbons (Fsp3) is 0.667. The predicted octanol–water partition coefficient (Wildman–Crippen LogP) is 2.64. The Morgan fingerprint density at radius 1 is 1.56 bits per heavy atom. The van der Waals surface area contributed by atoms with Crippen molar-refractivity contribution in [2.24, 2.45) is 0 Å². The van der Waals surface area contributed by atoms with Gasteiger partial charge in [-0.25, -0.2) is 4.98 Å². The second-order valence-electron chi connectivity index (χ2n) is 4.05. The van der Waals surface area contributed by atoms with E-state index in [4.69, 9.17) is 0 Å². The average molecular weight is 240 g/mol. The summed E-state index contributed by atoms with van der Waals surface area (Å²) in [5, 5.41) is 3.09. The van der Waals surface area contributed by atoms with Crippen molar-refractivity contribution in [2.75, 3.05) is 13.6 Å². The van der Waals surface area contributed by atoms with Crippen LogP contribution in [0.3, 0.4) is 0 Å². The van der Waals surface area contributed by atoms with Crippen LogP contribution in [0.1, 0.15) is 36.9 Å². The van der Waals surface area contributed by atoms with Gasteiger partial charge < -0.3 is 4.90 Å². The molecular formula is C12H20N2OS. The third kappa shape index (κ3) is 4.31. The fourth-order valence-electron chi connectivity index (χ4n) is 1.44. The zero-order chi connectivity index (χ0) is 12.0. The highest BCUT2D eigenvalue weighted by Gasteiger charge is 2.09. The van der Waals surface area contributed by atoms with Gasteiger partial charge in [0.1, 0.15) is 0 Å². The third-order valence-corrected chi connectivity index (χ3v) is 3.52. The minimum atomic E-state index is 0.223. The van der Waals surface area contributed by atoms with E-state index < -0.39 is 0 Å². The molecule has 0 bridgehead atoms. The standard InChI is InChI=1S/C12H20N2OS/c1-4-5-8-14(3)12(15)7-6-11-13-10(2)9-16-11/h9H,4-8H2,1-3H3. The smallest absolute Gasteiger partial charge is 0.222 e. The molecule has 0 atom stereocenters. The van der Waals surface area contributed by atoms with Crippen LogP contribution in [-0.4, -0.2) is 29.4 Å². The summed E-state index contributed by atoms with van der Waals surface area (Å²) in [6.07, 6.45) is 3.56. The molecule has 3 nitrogen and oxygen atoms in total. The molecule has 0 aliphatic carbocycles. The number of amides is 1. The molecular weight excluding hydrogens is 220 g/mol. The van der Waals surface area contributed by atoms with Crippen LogP contribution < -0.4 is 0 Å². The molecule has 0 aliphatic rings. The average Bonchev–Trinajstić information content (AvgIpc) is 2.68. The molecule has 1 amide bonds. The van der Waals surface area contributed by atoms with E-state index in [9.17, 15) is 4.79 Å². The van der Waals surface area contributed by atoms with Gasteiger partial charge in [0.25, 0.3) is 0 Å². The maximum Gasteiger partial charge on any atom is 0.222 e. The highest BCUT2D eigenvalue weighted by atomic mass is 32.1. The zero-order valence-corrected chi connectivity index (χ0v) is 11.1. The van der Waals surface area contributed by atoms with Gasteiger partial charge in [-0.15, -0.1) is 11.3 Å². The van der Waals surface area contributed by atoms with Crippen LogP contribution in [0.4, 0.5) is 0 Å². The quantitative estimate of drug-likeness (QED) is 0.766. The Hall–Kier alpha value is -0.900. The Balaban J connectivity index is 2.29. The molecule has 1 aromatic heterocycles. The first-order valence-corrected chi connectivity index (χ1v) is 6.66. The van der Waals surface area contributed by atoms with Crippen LogP contribution in [0.2, 0.25) is 0 Å². The highest BCUT2D eigenvalue weighted by molar-refractivity contribution is 7.09. The van der Waals surface area contributed by atoms with Crippen LogP contribution in [0.25, 0.3) is 0 Å². The molecule has 0 N–H and O–H groups in total. The van der Waals surface area contributed by atoms with E-state index in [2.05, 4.69) is 11.9 Å². The molecule has 4 heteroatoms. The number of hydrogen-bond donors (Lipinski definition) is 0. The van der Waals surface area contributed by atoms with Crippen molar-refractivity contribution in [3.8, 4) is 0 Å². The van der Waals surface area contributed by atoms with E-state index in [0.717, 1.165) is 36.5 Å². The van der Waals surface area contributed by atoms with Crippen LogP contribution in [-0.2, 0) is 11.2 Å². The first kappa shape index (κ1) is 13.2. The van der Waals surface area contributed by atoms with Crippen molar-refractivity contribution in [3.63, 3.8) is 0 Å². The van der Waals surface area contributed by atoms with Crippen LogP contribution in [0, 0.1) is 6.92 Å². The van der Waals surface area contributed by atoms with Crippen LogP contribution in [0.15, 0.2) is 5.38 Å². The summed E-state index contributed by atoms with van der Waals surface area (Å²) in [5.74, 6) is 0.223. The Labute approximate surface area is 101 Å². The molecule has 0 radical (unpaired) electrons. The van der Waals surface area contributed by atoms with E-state index in [1.54, 1.807) is 11.3 Å². The number of carbonyl (C=O) groups excluding carboxylic acids is 1. The number of aryl methyl sites for hydroxylation is 2. The summed E-state index contributed by atoms with van der Waals surface area (Å²) in [5.41, 5.74) is 1.05. The summed E-state index contributed by atoms with van der Waals surface area (Å²) < 4.78 is 0. The number of nitrogens with zero attached hydrogens (tertiary/aromatic N) is 2. The van der Waals surface area contributed by atoms with Crippen LogP contribution >= 0.6 is 11.3 Å². The molecule has 0 aromatic carbocycles. The molecule has 90 valence electrons. The molecule has 0 unspecified atom stereocenters. The van der Waals surface area contributed by atoms with Gasteiger partial charge in [-0.1, -0.05) is 13.3 Å². The summed E-state index contributed by atoms with van der Waals surface area (Å²) in [4.78, 5) is 17.9. The van der Waals surface area contributed by atoms with E-state index in [-0.39, 0.29) is 5.91 Å². The first-order chi connectivity index (χ1) is 7.63. The molecule has 1 rings (SSSR count). The van der Waals surface area contributed by atoms with Crippen molar-refractivity contribution < 1.29 is 4.79 Å². The van der Waals surface area contributed by atoms with Gasteiger partial charge in [0, 0.05) is 37.5 Å². The topological polar surface area (TPSA) is 33.2 Å².